The van der Waals surface area contributed by atoms with E-state index in [1.54, 1.807) is 0 Å². The van der Waals surface area contributed by atoms with Crippen LogP contribution in [-0.2, 0) is 6.54 Å². The summed E-state index contributed by atoms with van der Waals surface area (Å²) < 4.78 is 0. The number of aliphatic hydroxyl groups is 1. The van der Waals surface area contributed by atoms with Crippen molar-refractivity contribution in [1.82, 2.24) is 4.90 Å². The standard InChI is InChI=1S/C12H16N2O.ClH/c15-9-8-13-6-7-14(11-13)10-12-4-2-1-3-5-12;/h1-7,15H,8-11H2;1H. The monoisotopic (exact) mass is 240 g/mol. The highest BCUT2D eigenvalue weighted by Crippen LogP contribution is 2.04. The Bertz CT molecular complexity index is 329. The minimum absolute atomic E-state index is 0. The van der Waals surface area contributed by atoms with E-state index in [4.69, 9.17) is 5.11 Å². The molecule has 1 unspecified atom stereocenters. The summed E-state index contributed by atoms with van der Waals surface area (Å²) in [4.78, 5) is 3.58. The fourth-order valence-electron chi connectivity index (χ4n) is 1.81. The first kappa shape index (κ1) is 13.0. The summed E-state index contributed by atoms with van der Waals surface area (Å²) in [5, 5.41) is 8.83. The van der Waals surface area contributed by atoms with Crippen LogP contribution < -0.4 is 17.3 Å². The Balaban J connectivity index is 0.00000128. The number of quaternary nitrogens is 1. The van der Waals surface area contributed by atoms with Crippen molar-refractivity contribution < 1.29 is 22.4 Å². The Hall–Kier alpha value is -1.03. The normalized spacial score (nSPS) is 18.6. The van der Waals surface area contributed by atoms with Crippen molar-refractivity contribution in [3.05, 3.63) is 48.3 Å². The second kappa shape index (κ2) is 6.53. The lowest BCUT2D eigenvalue weighted by Crippen LogP contribution is -3.07. The van der Waals surface area contributed by atoms with E-state index in [2.05, 4.69) is 41.6 Å². The first-order valence-corrected chi connectivity index (χ1v) is 5.30. The smallest absolute Gasteiger partial charge is 0.157 e. The Labute approximate surface area is 102 Å². The predicted molar refractivity (Wildman–Crippen MR) is 58.9 cm³/mol. The van der Waals surface area contributed by atoms with Gasteiger partial charge in [-0.25, -0.2) is 0 Å². The number of nitrogens with one attached hydrogen (secondary N) is 1. The molecule has 0 fully saturated rings. The fourth-order valence-corrected chi connectivity index (χ4v) is 1.81. The van der Waals surface area contributed by atoms with E-state index in [-0.39, 0.29) is 19.0 Å². The number of aliphatic hydroxyl groups excluding tert-OH is 1. The molecule has 4 heteroatoms. The summed E-state index contributed by atoms with van der Waals surface area (Å²) >= 11 is 0. The molecule has 0 aromatic heterocycles. The summed E-state index contributed by atoms with van der Waals surface area (Å²) in [6, 6.07) is 10.4. The molecule has 0 saturated heterocycles. The lowest BCUT2D eigenvalue weighted by Gasteiger charge is -2.16. The average Bonchev–Trinajstić information content (AvgIpc) is 2.68. The molecule has 0 radical (unpaired) electrons. The average molecular weight is 241 g/mol. The van der Waals surface area contributed by atoms with Crippen molar-refractivity contribution in [2.75, 3.05) is 19.8 Å². The van der Waals surface area contributed by atoms with Crippen LogP contribution in [-0.4, -0.2) is 29.8 Å². The minimum Gasteiger partial charge on any atom is -1.00 e. The van der Waals surface area contributed by atoms with Gasteiger partial charge in [-0.15, -0.1) is 0 Å². The summed E-state index contributed by atoms with van der Waals surface area (Å²) in [5.74, 6) is 0. The second-order valence-electron chi connectivity index (χ2n) is 3.84. The van der Waals surface area contributed by atoms with Crippen molar-refractivity contribution in [1.29, 1.82) is 0 Å². The van der Waals surface area contributed by atoms with Gasteiger partial charge in [-0.2, -0.15) is 0 Å². The zero-order valence-electron chi connectivity index (χ0n) is 9.14. The number of halogens is 1. The van der Waals surface area contributed by atoms with Gasteiger partial charge < -0.3 is 22.4 Å². The molecule has 16 heavy (non-hydrogen) atoms. The third-order valence-corrected chi connectivity index (χ3v) is 2.59. The van der Waals surface area contributed by atoms with E-state index >= 15 is 0 Å². The highest BCUT2D eigenvalue weighted by atomic mass is 35.5. The maximum atomic E-state index is 8.83. The molecule has 1 heterocycles. The van der Waals surface area contributed by atoms with Crippen LogP contribution in [0, 0.1) is 0 Å². The van der Waals surface area contributed by atoms with Crippen molar-refractivity contribution >= 4 is 0 Å². The van der Waals surface area contributed by atoms with E-state index in [0.29, 0.717) is 0 Å². The Morgan fingerprint density at radius 3 is 2.69 bits per heavy atom. The Kier molecular flexibility index (Phi) is 5.32. The minimum atomic E-state index is 0. The number of benzene rings is 1. The van der Waals surface area contributed by atoms with Gasteiger partial charge in [0.25, 0.3) is 0 Å². The summed E-state index contributed by atoms with van der Waals surface area (Å²) in [6.07, 6.45) is 4.22. The molecule has 0 bridgehead atoms. The molecular weight excluding hydrogens is 224 g/mol. The largest absolute Gasteiger partial charge is 1.00 e. The quantitative estimate of drug-likeness (QED) is 0.581. The van der Waals surface area contributed by atoms with Gasteiger partial charge in [0.15, 0.2) is 6.67 Å². The zero-order chi connectivity index (χ0) is 10.5. The van der Waals surface area contributed by atoms with Crippen LogP contribution in [0.15, 0.2) is 42.7 Å². The van der Waals surface area contributed by atoms with Crippen LogP contribution in [0.3, 0.4) is 0 Å². The van der Waals surface area contributed by atoms with Crippen molar-refractivity contribution in [2.45, 2.75) is 6.54 Å². The molecular formula is C12H17ClN2O. The van der Waals surface area contributed by atoms with Gasteiger partial charge in [0, 0.05) is 6.54 Å². The van der Waals surface area contributed by atoms with Gasteiger partial charge in [0.1, 0.15) is 12.7 Å². The number of nitrogens with zero attached hydrogens (tertiary/aromatic N) is 1. The molecule has 1 aliphatic rings. The number of hydrogen-bond donors (Lipinski definition) is 2. The van der Waals surface area contributed by atoms with Crippen LogP contribution >= 0.6 is 0 Å². The lowest BCUT2D eigenvalue weighted by atomic mass is 10.2. The summed E-state index contributed by atoms with van der Waals surface area (Å²) in [7, 11) is 0. The van der Waals surface area contributed by atoms with Gasteiger partial charge in [0.05, 0.1) is 12.8 Å². The van der Waals surface area contributed by atoms with Crippen LogP contribution in [0.25, 0.3) is 0 Å². The van der Waals surface area contributed by atoms with E-state index in [1.165, 1.54) is 10.5 Å². The van der Waals surface area contributed by atoms with E-state index < -0.39 is 0 Å². The highest BCUT2D eigenvalue weighted by molar-refractivity contribution is 5.14. The Morgan fingerprint density at radius 2 is 2.00 bits per heavy atom. The van der Waals surface area contributed by atoms with Gasteiger partial charge in [-0.05, 0) is 5.56 Å². The summed E-state index contributed by atoms with van der Waals surface area (Å²) in [6.45, 7) is 2.95. The summed E-state index contributed by atoms with van der Waals surface area (Å²) in [5.41, 5.74) is 1.33. The van der Waals surface area contributed by atoms with Gasteiger partial charge in [0.2, 0.25) is 0 Å². The maximum Gasteiger partial charge on any atom is 0.157 e. The third kappa shape index (κ3) is 3.52. The molecule has 1 aliphatic heterocycles. The van der Waals surface area contributed by atoms with Crippen molar-refractivity contribution in [3.63, 3.8) is 0 Å². The molecule has 2 N–H and O–H groups in total. The predicted octanol–water partition coefficient (Wildman–Crippen LogP) is -3.19. The molecule has 0 aliphatic carbocycles. The van der Waals surface area contributed by atoms with Crippen molar-refractivity contribution in [2.24, 2.45) is 0 Å². The van der Waals surface area contributed by atoms with Crippen molar-refractivity contribution in [3.8, 4) is 0 Å². The SMILES string of the molecule is OCC[NH+]1C=CN(Cc2ccccc2)C1.[Cl-]. The molecule has 0 spiro atoms. The molecule has 0 amide bonds. The molecule has 88 valence electrons. The second-order valence-corrected chi connectivity index (χ2v) is 3.84. The number of hydrogen-bond acceptors (Lipinski definition) is 2. The van der Waals surface area contributed by atoms with Gasteiger partial charge >= 0.3 is 0 Å². The molecule has 3 nitrogen and oxygen atoms in total. The lowest BCUT2D eigenvalue weighted by molar-refractivity contribution is -0.849. The first-order valence-electron chi connectivity index (χ1n) is 5.30. The molecule has 1 aromatic carbocycles. The van der Waals surface area contributed by atoms with E-state index in [0.717, 1.165) is 19.8 Å². The molecule has 0 saturated carbocycles. The number of rotatable bonds is 4. The third-order valence-electron chi connectivity index (χ3n) is 2.59. The van der Waals surface area contributed by atoms with E-state index in [1.807, 2.05) is 6.07 Å². The van der Waals surface area contributed by atoms with Gasteiger partial charge in [-0.1, -0.05) is 30.3 Å². The fraction of sp³-hybridized carbons (Fsp3) is 0.333. The molecule has 1 atom stereocenters. The van der Waals surface area contributed by atoms with Crippen LogP contribution in [0.2, 0.25) is 0 Å². The maximum absolute atomic E-state index is 8.83. The Morgan fingerprint density at radius 1 is 1.25 bits per heavy atom. The zero-order valence-corrected chi connectivity index (χ0v) is 9.90. The highest BCUT2D eigenvalue weighted by Gasteiger charge is 2.15. The van der Waals surface area contributed by atoms with Crippen LogP contribution in [0.4, 0.5) is 0 Å². The van der Waals surface area contributed by atoms with E-state index in [9.17, 15) is 0 Å². The van der Waals surface area contributed by atoms with Crippen LogP contribution in [0.5, 0.6) is 0 Å². The molecule has 2 rings (SSSR count). The van der Waals surface area contributed by atoms with Crippen LogP contribution in [0.1, 0.15) is 5.56 Å². The van der Waals surface area contributed by atoms with Gasteiger partial charge in [-0.3, -0.25) is 4.90 Å². The molecule has 1 aromatic rings. The first-order chi connectivity index (χ1) is 7.38. The topological polar surface area (TPSA) is 27.9 Å².